The van der Waals surface area contributed by atoms with Gasteiger partial charge in [-0.3, -0.25) is 14.7 Å². The van der Waals surface area contributed by atoms with Crippen molar-refractivity contribution in [1.29, 1.82) is 0 Å². The smallest absolute Gasteiger partial charge is 0.236 e. The van der Waals surface area contributed by atoms with Crippen LogP contribution in [0.4, 0.5) is 4.39 Å². The number of aromatic amines is 1. The monoisotopic (exact) mass is 464 g/mol. The van der Waals surface area contributed by atoms with E-state index in [1.54, 1.807) is 11.9 Å². The summed E-state index contributed by atoms with van der Waals surface area (Å²) in [6, 6.07) is 11.1. The van der Waals surface area contributed by atoms with Crippen molar-refractivity contribution in [2.75, 3.05) is 39.9 Å². The molecule has 1 N–H and O–H groups in total. The molecule has 3 aromatic rings. The average molecular weight is 465 g/mol. The number of fused-ring (bicyclic) bond motifs is 1. The van der Waals surface area contributed by atoms with Crippen molar-refractivity contribution < 1.29 is 9.18 Å². The lowest BCUT2D eigenvalue weighted by molar-refractivity contribution is -0.133. The zero-order chi connectivity index (χ0) is 24.4. The van der Waals surface area contributed by atoms with Gasteiger partial charge in [0.2, 0.25) is 5.91 Å². The second-order valence-electron chi connectivity index (χ2n) is 10.1. The highest BCUT2D eigenvalue weighted by Crippen LogP contribution is 2.38. The van der Waals surface area contributed by atoms with Crippen LogP contribution in [0.1, 0.15) is 61.0 Å². The van der Waals surface area contributed by atoms with Gasteiger partial charge in [0.15, 0.2) is 0 Å². The van der Waals surface area contributed by atoms with E-state index in [9.17, 15) is 9.18 Å². The Hall–Kier alpha value is -2.73. The van der Waals surface area contributed by atoms with Gasteiger partial charge in [-0.25, -0.2) is 4.39 Å². The molecular weight excluding hydrogens is 427 g/mol. The predicted molar refractivity (Wildman–Crippen MR) is 137 cm³/mol. The molecule has 0 aliphatic carbocycles. The van der Waals surface area contributed by atoms with Crippen LogP contribution in [0.3, 0.4) is 0 Å². The normalized spacial score (nSPS) is 15.1. The van der Waals surface area contributed by atoms with E-state index in [2.05, 4.69) is 54.1 Å². The number of benzene rings is 1. The highest BCUT2D eigenvalue weighted by atomic mass is 19.1. The van der Waals surface area contributed by atoms with Crippen LogP contribution in [0.15, 0.2) is 30.3 Å². The molecule has 1 amide bonds. The Labute approximate surface area is 202 Å². The summed E-state index contributed by atoms with van der Waals surface area (Å²) in [5, 5.41) is 1.29. The fraction of sp³-hybridized carbons (Fsp3) is 0.500. The first kappa shape index (κ1) is 24.4. The molecule has 2 aromatic heterocycles. The first-order valence-corrected chi connectivity index (χ1v) is 12.4. The molecule has 0 radical (unpaired) electrons. The number of rotatable bonds is 7. The number of likely N-dealkylation sites (tertiary alicyclic amines) is 1. The van der Waals surface area contributed by atoms with Gasteiger partial charge >= 0.3 is 0 Å². The molecule has 0 atom stereocenters. The van der Waals surface area contributed by atoms with E-state index in [-0.39, 0.29) is 5.91 Å². The van der Waals surface area contributed by atoms with Crippen LogP contribution in [-0.2, 0) is 4.79 Å². The Morgan fingerprint density at radius 3 is 2.47 bits per heavy atom. The molecule has 0 bridgehead atoms. The number of amides is 1. The van der Waals surface area contributed by atoms with Crippen molar-refractivity contribution in [2.45, 2.75) is 52.4 Å². The van der Waals surface area contributed by atoms with Gasteiger partial charge in [0.1, 0.15) is 6.67 Å². The Morgan fingerprint density at radius 1 is 1.18 bits per heavy atom. The third-order valence-electron chi connectivity index (χ3n) is 7.00. The minimum atomic E-state index is -0.423. The van der Waals surface area contributed by atoms with E-state index in [1.807, 2.05) is 18.7 Å². The van der Waals surface area contributed by atoms with Crippen LogP contribution >= 0.6 is 0 Å². The maximum atomic E-state index is 12.6. The first-order chi connectivity index (χ1) is 16.3. The van der Waals surface area contributed by atoms with Crippen molar-refractivity contribution in [2.24, 2.45) is 0 Å². The number of H-pyrrole nitrogens is 1. The molecule has 1 aliphatic heterocycles. The third kappa shape index (κ3) is 5.17. The molecule has 3 heterocycles. The summed E-state index contributed by atoms with van der Waals surface area (Å²) in [5.74, 6) is 0.930. The standard InChI is InChI=1S/C28H37FN4O/c1-18(2)27-24-16-22(21-8-11-33(12-9-21)26(34)17-32(5)13-10-29)6-7-25(24)31-28(27)23-14-19(3)30-20(4)15-23/h6-7,14-16,18,21,31H,8-13,17H2,1-5H3. The fourth-order valence-corrected chi connectivity index (χ4v) is 5.31. The van der Waals surface area contributed by atoms with Crippen molar-refractivity contribution in [3.05, 3.63) is 52.8 Å². The average Bonchev–Trinajstić information content (AvgIpc) is 3.18. The molecule has 5 nitrogen and oxygen atoms in total. The topological polar surface area (TPSA) is 52.2 Å². The van der Waals surface area contributed by atoms with E-state index in [0.29, 0.717) is 24.9 Å². The Kier molecular flexibility index (Phi) is 7.36. The summed E-state index contributed by atoms with van der Waals surface area (Å²) in [6.07, 6.45) is 1.92. The van der Waals surface area contributed by atoms with Crippen molar-refractivity contribution in [3.8, 4) is 11.3 Å². The van der Waals surface area contributed by atoms with E-state index in [4.69, 9.17) is 0 Å². The number of hydrogen-bond donors (Lipinski definition) is 1. The van der Waals surface area contributed by atoms with Gasteiger partial charge in [0.05, 0.1) is 12.2 Å². The van der Waals surface area contributed by atoms with E-state index >= 15 is 0 Å². The van der Waals surface area contributed by atoms with Gasteiger partial charge in [-0.15, -0.1) is 0 Å². The van der Waals surface area contributed by atoms with Gasteiger partial charge in [0.25, 0.3) is 0 Å². The summed E-state index contributed by atoms with van der Waals surface area (Å²) >= 11 is 0. The van der Waals surface area contributed by atoms with E-state index < -0.39 is 6.67 Å². The summed E-state index contributed by atoms with van der Waals surface area (Å²) < 4.78 is 12.5. The van der Waals surface area contributed by atoms with Crippen molar-refractivity contribution in [3.63, 3.8) is 0 Å². The number of pyridine rings is 1. The minimum absolute atomic E-state index is 0.102. The van der Waals surface area contributed by atoms with E-state index in [1.165, 1.54) is 27.8 Å². The van der Waals surface area contributed by atoms with Gasteiger partial charge in [-0.1, -0.05) is 19.9 Å². The Bertz CT molecular complexity index is 1140. The number of carbonyl (C=O) groups excluding carboxylic acids is 1. The number of halogens is 1. The molecule has 0 spiro atoms. The molecule has 1 saturated heterocycles. The van der Waals surface area contributed by atoms with Crippen molar-refractivity contribution >= 4 is 16.8 Å². The van der Waals surface area contributed by atoms with Crippen LogP contribution in [0, 0.1) is 13.8 Å². The van der Waals surface area contributed by atoms with Gasteiger partial charge in [0, 0.05) is 47.5 Å². The molecule has 4 rings (SSSR count). The maximum absolute atomic E-state index is 12.6. The number of aromatic nitrogens is 2. The molecule has 1 aliphatic rings. The lowest BCUT2D eigenvalue weighted by Gasteiger charge is -2.33. The Balaban J connectivity index is 1.56. The summed E-state index contributed by atoms with van der Waals surface area (Å²) in [6.45, 7) is 10.3. The lowest BCUT2D eigenvalue weighted by Crippen LogP contribution is -2.43. The molecule has 0 saturated carbocycles. The third-order valence-corrected chi connectivity index (χ3v) is 7.00. The fourth-order valence-electron chi connectivity index (χ4n) is 5.31. The maximum Gasteiger partial charge on any atom is 0.236 e. The second-order valence-corrected chi connectivity index (χ2v) is 10.1. The number of hydrogen-bond acceptors (Lipinski definition) is 3. The number of carbonyl (C=O) groups is 1. The Morgan fingerprint density at radius 2 is 1.85 bits per heavy atom. The number of nitrogens with zero attached hydrogens (tertiary/aromatic N) is 3. The lowest BCUT2D eigenvalue weighted by atomic mass is 9.87. The van der Waals surface area contributed by atoms with Crippen LogP contribution in [-0.4, -0.2) is 65.6 Å². The number of aryl methyl sites for hydroxylation is 2. The first-order valence-electron chi connectivity index (χ1n) is 12.4. The number of piperidine rings is 1. The number of alkyl halides is 1. The quantitative estimate of drug-likeness (QED) is 0.497. The minimum Gasteiger partial charge on any atom is -0.354 e. The SMILES string of the molecule is Cc1cc(-c2[nH]c3ccc(C4CCN(C(=O)CN(C)CCF)CC4)cc3c2C(C)C)cc(C)n1. The number of likely N-dealkylation sites (N-methyl/N-ethyl adjacent to an activating group) is 1. The highest BCUT2D eigenvalue weighted by molar-refractivity contribution is 5.92. The molecule has 0 unspecified atom stereocenters. The zero-order valence-electron chi connectivity index (χ0n) is 21.1. The number of nitrogens with one attached hydrogen (secondary N) is 1. The van der Waals surface area contributed by atoms with Crippen LogP contribution in [0.2, 0.25) is 0 Å². The molecule has 1 aromatic carbocycles. The van der Waals surface area contributed by atoms with Gasteiger partial charge in [-0.05, 0) is 81.0 Å². The predicted octanol–water partition coefficient (Wildman–Crippen LogP) is 5.58. The largest absolute Gasteiger partial charge is 0.354 e. The van der Waals surface area contributed by atoms with Crippen LogP contribution in [0.5, 0.6) is 0 Å². The molecule has 1 fully saturated rings. The molecular formula is C28H37FN4O. The second kappa shape index (κ2) is 10.3. The van der Waals surface area contributed by atoms with Crippen LogP contribution in [0.25, 0.3) is 22.2 Å². The van der Waals surface area contributed by atoms with Crippen LogP contribution < -0.4 is 0 Å². The molecule has 6 heteroatoms. The van der Waals surface area contributed by atoms with Gasteiger partial charge < -0.3 is 9.88 Å². The molecule has 34 heavy (non-hydrogen) atoms. The van der Waals surface area contributed by atoms with Crippen molar-refractivity contribution in [1.82, 2.24) is 19.8 Å². The summed E-state index contributed by atoms with van der Waals surface area (Å²) in [4.78, 5) is 24.5. The highest BCUT2D eigenvalue weighted by Gasteiger charge is 2.25. The zero-order valence-corrected chi connectivity index (χ0v) is 21.1. The van der Waals surface area contributed by atoms with E-state index in [0.717, 1.165) is 42.8 Å². The summed E-state index contributed by atoms with van der Waals surface area (Å²) in [5.41, 5.74) is 8.30. The van der Waals surface area contributed by atoms with Gasteiger partial charge in [-0.2, -0.15) is 0 Å². The summed E-state index contributed by atoms with van der Waals surface area (Å²) in [7, 11) is 1.80. The molecule has 182 valence electrons.